The molecule has 1 saturated heterocycles. The maximum absolute atomic E-state index is 13.4. The van der Waals surface area contributed by atoms with Crippen LogP contribution in [0.15, 0.2) is 18.2 Å². The number of nitrogens with zero attached hydrogens (tertiary/aromatic N) is 1. The number of anilines is 1. The summed E-state index contributed by atoms with van der Waals surface area (Å²) in [5.74, 6) is -0.266. The van der Waals surface area contributed by atoms with E-state index in [-0.39, 0.29) is 5.82 Å². The molecule has 1 atom stereocenters. The Morgan fingerprint density at radius 2 is 2.31 bits per heavy atom. The summed E-state index contributed by atoms with van der Waals surface area (Å²) < 4.78 is 18.8. The lowest BCUT2D eigenvalue weighted by Gasteiger charge is -2.30. The Morgan fingerprint density at radius 1 is 1.56 bits per heavy atom. The number of hydrogen-bond donors (Lipinski definition) is 0. The zero-order valence-corrected chi connectivity index (χ0v) is 9.37. The molecule has 0 aromatic heterocycles. The molecule has 1 aliphatic rings. The molecular weight excluding hydrogens is 209 g/mol. The van der Waals surface area contributed by atoms with Crippen molar-refractivity contribution >= 4 is 12.0 Å². The van der Waals surface area contributed by atoms with Crippen molar-refractivity contribution in [2.24, 2.45) is 0 Å². The Balaban J connectivity index is 2.37. The summed E-state index contributed by atoms with van der Waals surface area (Å²) in [6.07, 6.45) is 0.748. The molecule has 1 aliphatic heterocycles. The van der Waals surface area contributed by atoms with Gasteiger partial charge in [0.1, 0.15) is 5.82 Å². The molecule has 0 radical (unpaired) electrons. The van der Waals surface area contributed by atoms with Gasteiger partial charge in [-0.05, 0) is 31.5 Å². The molecule has 3 nitrogen and oxygen atoms in total. The van der Waals surface area contributed by atoms with Crippen LogP contribution in [0.3, 0.4) is 0 Å². The number of aryl methyl sites for hydroxylation is 1. The van der Waals surface area contributed by atoms with Crippen LogP contribution in [0.25, 0.3) is 0 Å². The smallest absolute Gasteiger partial charge is 0.194 e. The van der Waals surface area contributed by atoms with Gasteiger partial charge in [-0.1, -0.05) is 6.07 Å². The van der Waals surface area contributed by atoms with Crippen LogP contribution >= 0.6 is 0 Å². The first-order valence-electron chi connectivity index (χ1n) is 5.21. The zero-order valence-electron chi connectivity index (χ0n) is 9.37. The number of rotatable bonds is 2. The molecule has 0 bridgehead atoms. The summed E-state index contributed by atoms with van der Waals surface area (Å²) in [5.41, 5.74) is 0.300. The Hall–Kier alpha value is -1.42. The zero-order chi connectivity index (χ0) is 11.8. The van der Waals surface area contributed by atoms with Crippen molar-refractivity contribution < 1.29 is 13.9 Å². The first-order valence-corrected chi connectivity index (χ1v) is 5.21. The lowest BCUT2D eigenvalue weighted by Crippen LogP contribution is -2.43. The van der Waals surface area contributed by atoms with Crippen molar-refractivity contribution in [1.82, 2.24) is 0 Å². The minimum Gasteiger partial charge on any atom is -0.347 e. The van der Waals surface area contributed by atoms with E-state index in [4.69, 9.17) is 4.74 Å². The predicted octanol–water partition coefficient (Wildman–Crippen LogP) is 1.89. The lowest BCUT2D eigenvalue weighted by atomic mass is 10.1. The van der Waals surface area contributed by atoms with E-state index < -0.39 is 5.72 Å². The second-order valence-electron chi connectivity index (χ2n) is 4.11. The number of carbonyl (C=O) groups excluding carboxylic acids is 1. The molecule has 0 amide bonds. The summed E-state index contributed by atoms with van der Waals surface area (Å²) >= 11 is 0. The van der Waals surface area contributed by atoms with E-state index in [0.717, 1.165) is 6.29 Å². The van der Waals surface area contributed by atoms with E-state index in [2.05, 4.69) is 0 Å². The fourth-order valence-corrected chi connectivity index (χ4v) is 1.88. The Morgan fingerprint density at radius 3 is 2.94 bits per heavy atom. The number of hydrogen-bond acceptors (Lipinski definition) is 3. The average molecular weight is 223 g/mol. The van der Waals surface area contributed by atoms with Gasteiger partial charge in [0.2, 0.25) is 0 Å². The normalized spacial score (nSPS) is 24.8. The third-order valence-corrected chi connectivity index (χ3v) is 2.93. The molecule has 1 fully saturated rings. The molecule has 0 spiro atoms. The van der Waals surface area contributed by atoms with Gasteiger partial charge in [-0.15, -0.1) is 0 Å². The third-order valence-electron chi connectivity index (χ3n) is 2.93. The first kappa shape index (κ1) is 11.1. The molecular formula is C12H14FNO2. The van der Waals surface area contributed by atoms with Crippen molar-refractivity contribution in [2.45, 2.75) is 19.6 Å². The van der Waals surface area contributed by atoms with Crippen molar-refractivity contribution in [2.75, 3.05) is 18.1 Å². The number of benzene rings is 1. The van der Waals surface area contributed by atoms with Crippen LogP contribution in [-0.2, 0) is 9.53 Å². The molecule has 1 aromatic rings. The van der Waals surface area contributed by atoms with Crippen molar-refractivity contribution in [3.63, 3.8) is 0 Å². The molecule has 1 heterocycles. The average Bonchev–Trinajstić information content (AvgIpc) is 2.65. The van der Waals surface area contributed by atoms with Crippen LogP contribution in [0.4, 0.5) is 10.1 Å². The Bertz CT molecular complexity index is 421. The van der Waals surface area contributed by atoms with Crippen molar-refractivity contribution in [3.05, 3.63) is 29.6 Å². The van der Waals surface area contributed by atoms with Crippen LogP contribution in [0, 0.1) is 12.7 Å². The number of ether oxygens (including phenoxy) is 1. The lowest BCUT2D eigenvalue weighted by molar-refractivity contribution is -0.123. The van der Waals surface area contributed by atoms with Gasteiger partial charge in [0, 0.05) is 12.2 Å². The molecule has 1 aromatic carbocycles. The first-order chi connectivity index (χ1) is 7.57. The highest BCUT2D eigenvalue weighted by atomic mass is 19.1. The van der Waals surface area contributed by atoms with Crippen LogP contribution in [0.5, 0.6) is 0 Å². The quantitative estimate of drug-likeness (QED) is 0.717. The number of halogens is 1. The Kier molecular flexibility index (Phi) is 2.68. The van der Waals surface area contributed by atoms with Crippen molar-refractivity contribution in [3.8, 4) is 0 Å². The van der Waals surface area contributed by atoms with E-state index in [0.29, 0.717) is 24.4 Å². The number of aldehydes is 1. The Labute approximate surface area is 93.8 Å². The van der Waals surface area contributed by atoms with Crippen LogP contribution in [0.1, 0.15) is 12.5 Å². The summed E-state index contributed by atoms with van der Waals surface area (Å²) in [6, 6.07) is 4.94. The molecule has 0 N–H and O–H groups in total. The number of carbonyl (C=O) groups is 1. The summed E-state index contributed by atoms with van der Waals surface area (Å²) in [5, 5.41) is 0. The van der Waals surface area contributed by atoms with E-state index in [1.165, 1.54) is 6.07 Å². The highest BCUT2D eigenvalue weighted by Crippen LogP contribution is 2.29. The van der Waals surface area contributed by atoms with Gasteiger partial charge in [-0.25, -0.2) is 4.39 Å². The second kappa shape index (κ2) is 3.87. The summed E-state index contributed by atoms with van der Waals surface area (Å²) in [7, 11) is 0. The highest BCUT2D eigenvalue weighted by Gasteiger charge is 2.37. The summed E-state index contributed by atoms with van der Waals surface area (Å²) in [4.78, 5) is 12.8. The molecule has 0 saturated carbocycles. The fourth-order valence-electron chi connectivity index (χ4n) is 1.88. The molecule has 1 unspecified atom stereocenters. The minimum absolute atomic E-state index is 0.266. The van der Waals surface area contributed by atoms with E-state index in [1.807, 2.05) is 0 Å². The minimum atomic E-state index is -0.971. The van der Waals surface area contributed by atoms with Gasteiger partial charge in [0.15, 0.2) is 12.0 Å². The van der Waals surface area contributed by atoms with Gasteiger partial charge in [-0.2, -0.15) is 0 Å². The van der Waals surface area contributed by atoms with E-state index >= 15 is 0 Å². The third kappa shape index (κ3) is 1.69. The van der Waals surface area contributed by atoms with Crippen LogP contribution < -0.4 is 4.90 Å². The van der Waals surface area contributed by atoms with Gasteiger partial charge >= 0.3 is 0 Å². The van der Waals surface area contributed by atoms with Crippen LogP contribution in [-0.4, -0.2) is 25.2 Å². The van der Waals surface area contributed by atoms with Gasteiger partial charge in [0.05, 0.1) is 6.61 Å². The van der Waals surface area contributed by atoms with Gasteiger partial charge < -0.3 is 9.64 Å². The SMILES string of the molecule is Cc1ccc(N2CCOC2(C)C=O)cc1F. The molecule has 16 heavy (non-hydrogen) atoms. The molecule has 86 valence electrons. The predicted molar refractivity (Wildman–Crippen MR) is 58.9 cm³/mol. The van der Waals surface area contributed by atoms with E-state index in [9.17, 15) is 9.18 Å². The summed E-state index contributed by atoms with van der Waals surface area (Å²) in [6.45, 7) is 4.46. The monoisotopic (exact) mass is 223 g/mol. The van der Waals surface area contributed by atoms with E-state index in [1.54, 1.807) is 30.9 Å². The molecule has 0 aliphatic carbocycles. The fraction of sp³-hybridized carbons (Fsp3) is 0.417. The highest BCUT2D eigenvalue weighted by molar-refractivity contribution is 5.70. The largest absolute Gasteiger partial charge is 0.347 e. The molecule has 2 rings (SSSR count). The maximum Gasteiger partial charge on any atom is 0.194 e. The maximum atomic E-state index is 13.4. The van der Waals surface area contributed by atoms with Crippen molar-refractivity contribution in [1.29, 1.82) is 0 Å². The van der Waals surface area contributed by atoms with Gasteiger partial charge in [0.25, 0.3) is 0 Å². The molecule has 4 heteroatoms. The van der Waals surface area contributed by atoms with Crippen LogP contribution in [0.2, 0.25) is 0 Å². The van der Waals surface area contributed by atoms with Gasteiger partial charge in [-0.3, -0.25) is 4.79 Å². The topological polar surface area (TPSA) is 29.5 Å². The standard InChI is InChI=1S/C12H14FNO2/c1-9-3-4-10(7-11(9)13)14-5-6-16-12(14,2)8-15/h3-4,7-8H,5-6H2,1-2H3. The second-order valence-corrected chi connectivity index (χ2v) is 4.11.